The number of methoxy groups -OCH3 is 1. The summed E-state index contributed by atoms with van der Waals surface area (Å²) in [5, 5.41) is 14.0. The van der Waals surface area contributed by atoms with Crippen LogP contribution in [0.3, 0.4) is 0 Å². The quantitative estimate of drug-likeness (QED) is 0.257. The van der Waals surface area contributed by atoms with Crippen LogP contribution in [0.25, 0.3) is 17.1 Å². The largest absolute Gasteiger partial charge is 0.496 e. The van der Waals surface area contributed by atoms with Gasteiger partial charge in [0, 0.05) is 6.42 Å². The molecule has 0 aliphatic heterocycles. The summed E-state index contributed by atoms with van der Waals surface area (Å²) in [6.07, 6.45) is 0.681. The highest BCUT2D eigenvalue weighted by Crippen LogP contribution is 2.30. The second kappa shape index (κ2) is 10.1. The molecule has 0 unspecified atom stereocenters. The van der Waals surface area contributed by atoms with Crippen molar-refractivity contribution in [1.29, 1.82) is 0 Å². The molecule has 0 amide bonds. The van der Waals surface area contributed by atoms with Gasteiger partial charge in [-0.2, -0.15) is 4.98 Å². The molecule has 2 heterocycles. The summed E-state index contributed by atoms with van der Waals surface area (Å²) in [6.45, 7) is 4.21. The first-order valence-electron chi connectivity index (χ1n) is 11.3. The van der Waals surface area contributed by atoms with E-state index in [0.717, 1.165) is 27.8 Å². The van der Waals surface area contributed by atoms with E-state index < -0.39 is 0 Å². The number of hydrogen-bond acceptors (Lipinski definition) is 7. The molecule has 5 aromatic rings. The lowest BCUT2D eigenvalue weighted by Crippen LogP contribution is -2.06. The van der Waals surface area contributed by atoms with Crippen LogP contribution in [0.2, 0.25) is 0 Å². The van der Waals surface area contributed by atoms with Crippen molar-refractivity contribution in [1.82, 2.24) is 24.9 Å². The number of aromatic nitrogens is 5. The van der Waals surface area contributed by atoms with Gasteiger partial charge in [-0.3, -0.25) is 4.57 Å². The van der Waals surface area contributed by atoms with Crippen molar-refractivity contribution < 1.29 is 9.26 Å². The molecule has 0 atom stereocenters. The van der Waals surface area contributed by atoms with Gasteiger partial charge >= 0.3 is 0 Å². The van der Waals surface area contributed by atoms with Crippen LogP contribution in [-0.2, 0) is 12.2 Å². The molecule has 0 saturated heterocycles. The molecular formula is C27H25N5O2S. The molecule has 5 rings (SSSR count). The lowest BCUT2D eigenvalue weighted by atomic mass is 10.1. The summed E-state index contributed by atoms with van der Waals surface area (Å²) in [7, 11) is 1.63. The van der Waals surface area contributed by atoms with Gasteiger partial charge in [0.1, 0.15) is 11.6 Å². The fourth-order valence-electron chi connectivity index (χ4n) is 3.96. The Balaban J connectivity index is 1.44. The maximum Gasteiger partial charge on any atom is 0.237 e. The van der Waals surface area contributed by atoms with Crippen LogP contribution in [0.4, 0.5) is 0 Å². The number of para-hydroxylation sites is 1. The second-order valence-electron chi connectivity index (χ2n) is 8.19. The molecule has 0 aliphatic rings. The number of hydrogen-bond donors (Lipinski definition) is 0. The van der Waals surface area contributed by atoms with Crippen LogP contribution in [-0.4, -0.2) is 32.0 Å². The van der Waals surface area contributed by atoms with Crippen LogP contribution in [0.1, 0.15) is 28.4 Å². The van der Waals surface area contributed by atoms with E-state index >= 15 is 0 Å². The van der Waals surface area contributed by atoms with Crippen molar-refractivity contribution in [2.45, 2.75) is 31.2 Å². The van der Waals surface area contributed by atoms with Gasteiger partial charge in [-0.25, -0.2) is 0 Å². The van der Waals surface area contributed by atoms with E-state index in [2.05, 4.69) is 69.1 Å². The highest BCUT2D eigenvalue weighted by molar-refractivity contribution is 7.98. The minimum atomic E-state index is 0.469. The standard InChI is InChI=1S/C27H25N5O2S/c1-18-13-14-22(19(2)15-18)32-24(16-20-9-5-4-6-10-20)29-30-27(32)35-17-25-28-26(31-34-25)21-11-7-8-12-23(21)33-3/h4-15H,16-17H2,1-3H3. The fourth-order valence-corrected chi connectivity index (χ4v) is 4.76. The number of thioether (sulfide) groups is 1. The summed E-state index contributed by atoms with van der Waals surface area (Å²) in [4.78, 5) is 4.57. The molecule has 176 valence electrons. The minimum absolute atomic E-state index is 0.469. The van der Waals surface area contributed by atoms with E-state index in [4.69, 9.17) is 9.26 Å². The third kappa shape index (κ3) is 4.97. The van der Waals surface area contributed by atoms with Crippen molar-refractivity contribution in [3.8, 4) is 22.8 Å². The van der Waals surface area contributed by atoms with Crippen LogP contribution in [0.5, 0.6) is 5.75 Å². The maximum absolute atomic E-state index is 5.53. The van der Waals surface area contributed by atoms with Crippen LogP contribution in [0, 0.1) is 13.8 Å². The Hall–Kier alpha value is -3.91. The zero-order chi connectivity index (χ0) is 24.2. The number of rotatable bonds is 8. The van der Waals surface area contributed by atoms with Gasteiger partial charge in [-0.15, -0.1) is 10.2 Å². The second-order valence-corrected chi connectivity index (χ2v) is 9.13. The molecule has 35 heavy (non-hydrogen) atoms. The Labute approximate surface area is 208 Å². The van der Waals surface area contributed by atoms with E-state index in [1.807, 2.05) is 42.5 Å². The predicted molar refractivity (Wildman–Crippen MR) is 136 cm³/mol. The van der Waals surface area contributed by atoms with Crippen LogP contribution in [0.15, 0.2) is 82.5 Å². The molecule has 0 radical (unpaired) electrons. The van der Waals surface area contributed by atoms with Crippen molar-refractivity contribution in [2.24, 2.45) is 0 Å². The Bertz CT molecular complexity index is 1450. The SMILES string of the molecule is COc1ccccc1-c1noc(CSc2nnc(Cc3ccccc3)n2-c2ccc(C)cc2C)n1. The Morgan fingerprint density at radius 3 is 2.54 bits per heavy atom. The lowest BCUT2D eigenvalue weighted by molar-refractivity contribution is 0.390. The van der Waals surface area contributed by atoms with Gasteiger partial charge in [0.2, 0.25) is 11.7 Å². The molecule has 2 aromatic heterocycles. The summed E-state index contributed by atoms with van der Waals surface area (Å²) in [5.74, 6) is 3.06. The molecule has 8 heteroatoms. The number of benzene rings is 3. The molecular weight excluding hydrogens is 458 g/mol. The summed E-state index contributed by atoms with van der Waals surface area (Å²) in [6, 6.07) is 24.3. The maximum atomic E-state index is 5.53. The number of ether oxygens (including phenoxy) is 1. The van der Waals surface area contributed by atoms with Crippen molar-refractivity contribution >= 4 is 11.8 Å². The van der Waals surface area contributed by atoms with Crippen molar-refractivity contribution in [2.75, 3.05) is 7.11 Å². The zero-order valence-corrected chi connectivity index (χ0v) is 20.6. The summed E-state index contributed by atoms with van der Waals surface area (Å²) >= 11 is 1.52. The van der Waals surface area contributed by atoms with Crippen LogP contribution >= 0.6 is 11.8 Å². The fraction of sp³-hybridized carbons (Fsp3) is 0.185. The lowest BCUT2D eigenvalue weighted by Gasteiger charge is -2.13. The topological polar surface area (TPSA) is 78.9 Å². The molecule has 0 fully saturated rings. The molecule has 0 saturated carbocycles. The van der Waals surface area contributed by atoms with Gasteiger partial charge in [-0.05, 0) is 43.2 Å². The third-order valence-electron chi connectivity index (χ3n) is 5.64. The molecule has 0 bridgehead atoms. The molecule has 0 N–H and O–H groups in total. The number of nitrogens with zero attached hydrogens (tertiary/aromatic N) is 5. The first-order valence-corrected chi connectivity index (χ1v) is 12.3. The monoisotopic (exact) mass is 483 g/mol. The average molecular weight is 484 g/mol. The predicted octanol–water partition coefficient (Wildman–Crippen LogP) is 5.83. The average Bonchev–Trinajstić information content (AvgIpc) is 3.51. The minimum Gasteiger partial charge on any atom is -0.496 e. The van der Waals surface area contributed by atoms with E-state index in [9.17, 15) is 0 Å². The summed E-state index contributed by atoms with van der Waals surface area (Å²) < 4.78 is 13.1. The first kappa shape index (κ1) is 22.9. The third-order valence-corrected chi connectivity index (χ3v) is 6.55. The van der Waals surface area contributed by atoms with Crippen LogP contribution < -0.4 is 4.74 Å². The smallest absolute Gasteiger partial charge is 0.237 e. The molecule has 7 nitrogen and oxygen atoms in total. The van der Waals surface area contributed by atoms with Gasteiger partial charge in [-0.1, -0.05) is 77.1 Å². The normalized spacial score (nSPS) is 11.1. The molecule has 0 aliphatic carbocycles. The summed E-state index contributed by atoms with van der Waals surface area (Å²) in [5.41, 5.74) is 5.42. The highest BCUT2D eigenvalue weighted by atomic mass is 32.2. The van der Waals surface area contributed by atoms with E-state index in [1.165, 1.54) is 22.9 Å². The van der Waals surface area contributed by atoms with E-state index in [0.29, 0.717) is 29.6 Å². The Kier molecular flexibility index (Phi) is 6.63. The first-order chi connectivity index (χ1) is 17.1. The van der Waals surface area contributed by atoms with Gasteiger partial charge in [0.25, 0.3) is 0 Å². The van der Waals surface area contributed by atoms with E-state index in [-0.39, 0.29) is 0 Å². The molecule has 0 spiro atoms. The zero-order valence-electron chi connectivity index (χ0n) is 19.8. The van der Waals surface area contributed by atoms with Crippen molar-refractivity contribution in [3.63, 3.8) is 0 Å². The van der Waals surface area contributed by atoms with E-state index in [1.54, 1.807) is 7.11 Å². The molecule has 3 aromatic carbocycles. The Morgan fingerprint density at radius 2 is 1.74 bits per heavy atom. The highest BCUT2D eigenvalue weighted by Gasteiger charge is 2.19. The van der Waals surface area contributed by atoms with Gasteiger partial charge in [0.15, 0.2) is 5.16 Å². The van der Waals surface area contributed by atoms with Crippen molar-refractivity contribution in [3.05, 3.63) is 101 Å². The van der Waals surface area contributed by atoms with Gasteiger partial charge in [0.05, 0.1) is 24.1 Å². The Morgan fingerprint density at radius 1 is 0.943 bits per heavy atom. The number of aryl methyl sites for hydroxylation is 2. The van der Waals surface area contributed by atoms with Gasteiger partial charge < -0.3 is 9.26 Å².